The molecule has 0 aliphatic carbocycles. The van der Waals surface area contributed by atoms with Crippen LogP contribution in [0.5, 0.6) is 0 Å². The fraction of sp³-hybridized carbons (Fsp3) is 0.619. The number of benzene rings is 1. The van der Waals surface area contributed by atoms with E-state index < -0.39 is 0 Å². The molecule has 5 heteroatoms. The van der Waals surface area contributed by atoms with Gasteiger partial charge in [0.05, 0.1) is 13.2 Å². The molecule has 0 N–H and O–H groups in total. The number of carbonyl (C=O) groups excluding carboxylic acids is 2. The van der Waals surface area contributed by atoms with Gasteiger partial charge in [-0.15, -0.1) is 0 Å². The van der Waals surface area contributed by atoms with E-state index in [2.05, 4.69) is 20.8 Å². The average Bonchev–Trinajstić information content (AvgIpc) is 3.10. The molecule has 0 unspecified atom stereocenters. The van der Waals surface area contributed by atoms with Crippen molar-refractivity contribution in [2.45, 2.75) is 52.2 Å². The molecule has 2 heterocycles. The van der Waals surface area contributed by atoms with E-state index in [-0.39, 0.29) is 29.4 Å². The van der Waals surface area contributed by atoms with Crippen LogP contribution in [-0.4, -0.2) is 53.9 Å². The van der Waals surface area contributed by atoms with Crippen LogP contribution in [-0.2, 0) is 14.3 Å². The van der Waals surface area contributed by atoms with Crippen molar-refractivity contribution < 1.29 is 14.3 Å². The Kier molecular flexibility index (Phi) is 5.66. The molecule has 2 atom stereocenters. The Morgan fingerprint density at radius 1 is 1.15 bits per heavy atom. The molecule has 0 radical (unpaired) electrons. The zero-order valence-electron chi connectivity index (χ0n) is 16.1. The summed E-state index contributed by atoms with van der Waals surface area (Å²) in [6.45, 7) is 8.56. The van der Waals surface area contributed by atoms with Crippen molar-refractivity contribution >= 4 is 11.8 Å². The van der Waals surface area contributed by atoms with Crippen molar-refractivity contribution in [3.05, 3.63) is 35.9 Å². The Morgan fingerprint density at radius 3 is 2.58 bits per heavy atom. The van der Waals surface area contributed by atoms with Crippen LogP contribution >= 0.6 is 0 Å². The lowest BCUT2D eigenvalue weighted by molar-refractivity contribution is -0.149. The van der Waals surface area contributed by atoms with Crippen molar-refractivity contribution in [1.29, 1.82) is 0 Å². The third-order valence-corrected chi connectivity index (χ3v) is 5.09. The zero-order chi connectivity index (χ0) is 18.7. The summed E-state index contributed by atoms with van der Waals surface area (Å²) in [5, 5.41) is 0. The van der Waals surface area contributed by atoms with Gasteiger partial charge in [0.2, 0.25) is 11.8 Å². The summed E-state index contributed by atoms with van der Waals surface area (Å²) in [5.74, 6) is 0.176. The number of nitrogens with zero attached hydrogens (tertiary/aromatic N) is 2. The van der Waals surface area contributed by atoms with Crippen LogP contribution in [0.3, 0.4) is 0 Å². The summed E-state index contributed by atoms with van der Waals surface area (Å²) in [6.07, 6.45) is 2.06. The van der Waals surface area contributed by atoms with E-state index in [4.69, 9.17) is 4.74 Å². The molecule has 0 spiro atoms. The number of ether oxygens (including phenoxy) is 1. The summed E-state index contributed by atoms with van der Waals surface area (Å²) in [7, 11) is 0. The van der Waals surface area contributed by atoms with Crippen molar-refractivity contribution in [2.24, 2.45) is 5.41 Å². The molecule has 2 amide bonds. The molecule has 0 bridgehead atoms. The van der Waals surface area contributed by atoms with Gasteiger partial charge < -0.3 is 14.5 Å². The van der Waals surface area contributed by atoms with Crippen LogP contribution in [0.4, 0.5) is 0 Å². The maximum Gasteiger partial charge on any atom is 0.245 e. The number of likely N-dealkylation sites (tertiary alicyclic amines) is 1. The highest BCUT2D eigenvalue weighted by molar-refractivity contribution is 5.88. The highest BCUT2D eigenvalue weighted by Gasteiger charge is 2.38. The zero-order valence-corrected chi connectivity index (χ0v) is 16.1. The number of hydrogen-bond acceptors (Lipinski definition) is 3. The van der Waals surface area contributed by atoms with Crippen LogP contribution in [0.15, 0.2) is 30.3 Å². The van der Waals surface area contributed by atoms with Gasteiger partial charge in [0.1, 0.15) is 12.1 Å². The molecule has 0 aromatic heterocycles. The van der Waals surface area contributed by atoms with Gasteiger partial charge in [-0.1, -0.05) is 51.1 Å². The van der Waals surface area contributed by atoms with Gasteiger partial charge in [0, 0.05) is 19.5 Å². The Labute approximate surface area is 156 Å². The van der Waals surface area contributed by atoms with E-state index in [0.717, 1.165) is 18.4 Å². The van der Waals surface area contributed by atoms with Gasteiger partial charge >= 0.3 is 0 Å². The number of amides is 2. The topological polar surface area (TPSA) is 49.9 Å². The molecule has 5 nitrogen and oxygen atoms in total. The Bertz CT molecular complexity index is 638. The molecule has 142 valence electrons. The van der Waals surface area contributed by atoms with Gasteiger partial charge in [0.25, 0.3) is 0 Å². The molecule has 2 aliphatic rings. The van der Waals surface area contributed by atoms with Gasteiger partial charge in [-0.25, -0.2) is 0 Å². The lowest BCUT2D eigenvalue weighted by Crippen LogP contribution is -2.51. The van der Waals surface area contributed by atoms with E-state index in [1.807, 2.05) is 35.2 Å². The fourth-order valence-corrected chi connectivity index (χ4v) is 3.81. The first-order chi connectivity index (χ1) is 12.3. The third-order valence-electron chi connectivity index (χ3n) is 5.09. The maximum atomic E-state index is 13.1. The normalized spacial score (nSPS) is 24.0. The second-order valence-electron chi connectivity index (χ2n) is 8.54. The molecule has 2 aliphatic heterocycles. The Hall–Kier alpha value is -1.88. The van der Waals surface area contributed by atoms with Crippen molar-refractivity contribution in [3.63, 3.8) is 0 Å². The monoisotopic (exact) mass is 358 g/mol. The minimum Gasteiger partial charge on any atom is -0.370 e. The van der Waals surface area contributed by atoms with E-state index in [9.17, 15) is 9.59 Å². The number of morpholine rings is 1. The predicted octanol–water partition coefficient (Wildman–Crippen LogP) is 3.01. The van der Waals surface area contributed by atoms with Crippen molar-refractivity contribution in [3.8, 4) is 0 Å². The van der Waals surface area contributed by atoms with Gasteiger partial charge in [-0.3, -0.25) is 9.59 Å². The molecule has 2 saturated heterocycles. The third kappa shape index (κ3) is 4.44. The molecule has 26 heavy (non-hydrogen) atoms. The van der Waals surface area contributed by atoms with Gasteiger partial charge in [0.15, 0.2) is 0 Å². The van der Waals surface area contributed by atoms with Gasteiger partial charge in [-0.2, -0.15) is 0 Å². The first-order valence-corrected chi connectivity index (χ1v) is 9.60. The minimum atomic E-state index is -0.306. The summed E-state index contributed by atoms with van der Waals surface area (Å²) in [6, 6.07) is 9.72. The molecule has 1 aromatic rings. The first-order valence-electron chi connectivity index (χ1n) is 9.60. The number of hydrogen-bond donors (Lipinski definition) is 0. The number of rotatable bonds is 3. The maximum absolute atomic E-state index is 13.1. The standard InChI is InChI=1S/C21H30N2O3/c1-21(2,3)14-19(24)23-11-7-10-17(23)20(25)22-12-13-26-18(15-22)16-8-5-4-6-9-16/h4-6,8-9,17-18H,7,10-15H2,1-3H3/t17-,18-/m0/s1. The Balaban J connectivity index is 1.66. The van der Waals surface area contributed by atoms with Crippen LogP contribution in [0, 0.1) is 5.41 Å². The molecular weight excluding hydrogens is 328 g/mol. The molecule has 2 fully saturated rings. The average molecular weight is 358 g/mol. The molecule has 0 saturated carbocycles. The summed E-state index contributed by atoms with van der Waals surface area (Å²) < 4.78 is 5.87. The van der Waals surface area contributed by atoms with Gasteiger partial charge in [-0.05, 0) is 23.8 Å². The van der Waals surface area contributed by atoms with E-state index in [0.29, 0.717) is 32.7 Å². The van der Waals surface area contributed by atoms with Crippen molar-refractivity contribution in [1.82, 2.24) is 9.80 Å². The lowest BCUT2D eigenvalue weighted by Gasteiger charge is -2.36. The van der Waals surface area contributed by atoms with Crippen LogP contribution in [0.1, 0.15) is 51.7 Å². The SMILES string of the molecule is CC(C)(C)CC(=O)N1CCC[C@H]1C(=O)N1CCO[C@H](c2ccccc2)C1. The summed E-state index contributed by atoms with van der Waals surface area (Å²) >= 11 is 0. The summed E-state index contributed by atoms with van der Waals surface area (Å²) in [5.41, 5.74) is 1.03. The van der Waals surface area contributed by atoms with Crippen LogP contribution in [0.2, 0.25) is 0 Å². The quantitative estimate of drug-likeness (QED) is 0.835. The van der Waals surface area contributed by atoms with Crippen LogP contribution < -0.4 is 0 Å². The summed E-state index contributed by atoms with van der Waals surface area (Å²) in [4.78, 5) is 29.5. The second kappa shape index (κ2) is 7.78. The second-order valence-corrected chi connectivity index (χ2v) is 8.54. The largest absolute Gasteiger partial charge is 0.370 e. The minimum absolute atomic E-state index is 0.0648. The molecule has 3 rings (SSSR count). The van der Waals surface area contributed by atoms with E-state index >= 15 is 0 Å². The lowest BCUT2D eigenvalue weighted by atomic mass is 9.91. The Morgan fingerprint density at radius 2 is 1.88 bits per heavy atom. The fourth-order valence-electron chi connectivity index (χ4n) is 3.81. The molecular formula is C21H30N2O3. The highest BCUT2D eigenvalue weighted by Crippen LogP contribution is 2.28. The smallest absolute Gasteiger partial charge is 0.245 e. The number of carbonyl (C=O) groups is 2. The molecule has 1 aromatic carbocycles. The van der Waals surface area contributed by atoms with E-state index in [1.54, 1.807) is 4.90 Å². The van der Waals surface area contributed by atoms with Crippen LogP contribution in [0.25, 0.3) is 0 Å². The van der Waals surface area contributed by atoms with E-state index in [1.165, 1.54) is 0 Å². The predicted molar refractivity (Wildman–Crippen MR) is 101 cm³/mol. The first kappa shape index (κ1) is 18.9. The highest BCUT2D eigenvalue weighted by atomic mass is 16.5. The van der Waals surface area contributed by atoms with Crippen molar-refractivity contribution in [2.75, 3.05) is 26.2 Å².